The first-order chi connectivity index (χ1) is 9.65. The van der Waals surface area contributed by atoms with Gasteiger partial charge < -0.3 is 15.7 Å². The highest BCUT2D eigenvalue weighted by atomic mass is 32.1. The fourth-order valence-electron chi connectivity index (χ4n) is 1.62. The second-order valence-electron chi connectivity index (χ2n) is 6.21. The number of thiophene rings is 1. The summed E-state index contributed by atoms with van der Waals surface area (Å²) in [5.41, 5.74) is 0.355. The van der Waals surface area contributed by atoms with Crippen LogP contribution in [0.4, 0.5) is 5.00 Å². The van der Waals surface area contributed by atoms with Crippen LogP contribution in [0.1, 0.15) is 49.4 Å². The van der Waals surface area contributed by atoms with Crippen LogP contribution >= 0.6 is 11.3 Å². The van der Waals surface area contributed by atoms with E-state index in [1.54, 1.807) is 6.07 Å². The van der Waals surface area contributed by atoms with E-state index in [4.69, 9.17) is 5.11 Å². The Kier molecular flexibility index (Phi) is 5.92. The van der Waals surface area contributed by atoms with Crippen LogP contribution in [0.2, 0.25) is 0 Å². The number of carbonyl (C=O) groups excluding carboxylic acids is 2. The molecule has 0 bridgehead atoms. The Morgan fingerprint density at radius 3 is 2.52 bits per heavy atom. The van der Waals surface area contributed by atoms with Gasteiger partial charge in [-0.25, -0.2) is 0 Å². The lowest BCUT2D eigenvalue weighted by Gasteiger charge is -2.16. The second kappa shape index (κ2) is 7.04. The summed E-state index contributed by atoms with van der Waals surface area (Å²) < 4.78 is 0. The summed E-state index contributed by atoms with van der Waals surface area (Å²) in [7, 11) is 0. The summed E-state index contributed by atoms with van der Waals surface area (Å²) in [6.45, 7) is 9.25. The summed E-state index contributed by atoms with van der Waals surface area (Å²) in [5.74, 6) is -0.251. The lowest BCUT2D eigenvalue weighted by Crippen LogP contribution is -2.33. The molecule has 2 amide bonds. The van der Waals surface area contributed by atoms with Crippen molar-refractivity contribution in [2.75, 3.05) is 11.9 Å². The lowest BCUT2D eigenvalue weighted by atomic mass is 9.96. The van der Waals surface area contributed by atoms with E-state index in [1.807, 2.05) is 34.6 Å². The van der Waals surface area contributed by atoms with Crippen molar-refractivity contribution in [3.63, 3.8) is 0 Å². The molecule has 1 atom stereocenters. The van der Waals surface area contributed by atoms with Gasteiger partial charge in [-0.05, 0) is 31.9 Å². The molecule has 0 aliphatic rings. The Balaban J connectivity index is 2.78. The lowest BCUT2D eigenvalue weighted by molar-refractivity contribution is -0.123. The Bertz CT molecular complexity index is 517. The SMILES string of the molecule is Cc1cc(NC(=O)C(C)(C)C)sc1C(=O)NC(C)CCO. The summed E-state index contributed by atoms with van der Waals surface area (Å²) in [5, 5.41) is 15.2. The molecule has 1 aromatic heterocycles. The molecule has 0 fully saturated rings. The number of carbonyl (C=O) groups is 2. The molecule has 0 saturated carbocycles. The maximum atomic E-state index is 12.2. The van der Waals surface area contributed by atoms with Gasteiger partial charge in [0.2, 0.25) is 5.91 Å². The van der Waals surface area contributed by atoms with Gasteiger partial charge in [0.1, 0.15) is 0 Å². The predicted molar refractivity (Wildman–Crippen MR) is 85.8 cm³/mol. The maximum absolute atomic E-state index is 12.2. The number of hydrogen-bond donors (Lipinski definition) is 3. The molecule has 0 spiro atoms. The zero-order valence-corrected chi connectivity index (χ0v) is 14.1. The summed E-state index contributed by atoms with van der Waals surface area (Å²) in [6.07, 6.45) is 0.518. The molecule has 5 nitrogen and oxygen atoms in total. The van der Waals surface area contributed by atoms with Crippen molar-refractivity contribution in [1.82, 2.24) is 5.32 Å². The Hall–Kier alpha value is -1.40. The standard InChI is InChI=1S/C15H24N2O3S/c1-9-8-11(17-14(20)15(3,4)5)21-12(9)13(19)16-10(2)6-7-18/h8,10,18H,6-7H2,1-5H3,(H,16,19)(H,17,20). The van der Waals surface area contributed by atoms with Gasteiger partial charge in [0, 0.05) is 18.1 Å². The van der Waals surface area contributed by atoms with Crippen molar-refractivity contribution in [2.24, 2.45) is 5.41 Å². The number of rotatable bonds is 5. The second-order valence-corrected chi connectivity index (χ2v) is 7.27. The van der Waals surface area contributed by atoms with E-state index in [2.05, 4.69) is 10.6 Å². The first-order valence-electron chi connectivity index (χ1n) is 6.98. The van der Waals surface area contributed by atoms with E-state index < -0.39 is 5.41 Å². The smallest absolute Gasteiger partial charge is 0.261 e. The molecule has 1 unspecified atom stereocenters. The number of aliphatic hydroxyl groups excluding tert-OH is 1. The molecule has 0 saturated heterocycles. The Labute approximate surface area is 129 Å². The highest BCUT2D eigenvalue weighted by Crippen LogP contribution is 2.28. The molecule has 1 aromatic rings. The van der Waals surface area contributed by atoms with Crippen molar-refractivity contribution >= 4 is 28.2 Å². The number of amides is 2. The minimum absolute atomic E-state index is 0.0394. The van der Waals surface area contributed by atoms with Crippen LogP contribution < -0.4 is 10.6 Å². The van der Waals surface area contributed by atoms with Gasteiger partial charge in [-0.2, -0.15) is 0 Å². The van der Waals surface area contributed by atoms with Crippen molar-refractivity contribution in [1.29, 1.82) is 0 Å². The van der Waals surface area contributed by atoms with Gasteiger partial charge in [-0.1, -0.05) is 20.8 Å². The van der Waals surface area contributed by atoms with Crippen LogP contribution in [0.15, 0.2) is 6.07 Å². The molecule has 0 radical (unpaired) electrons. The van der Waals surface area contributed by atoms with Gasteiger partial charge in [-0.15, -0.1) is 11.3 Å². The monoisotopic (exact) mass is 312 g/mol. The fraction of sp³-hybridized carbons (Fsp3) is 0.600. The summed E-state index contributed by atoms with van der Waals surface area (Å²) >= 11 is 1.27. The quantitative estimate of drug-likeness (QED) is 0.782. The van der Waals surface area contributed by atoms with Gasteiger partial charge in [0.15, 0.2) is 0 Å². The van der Waals surface area contributed by atoms with E-state index in [-0.39, 0.29) is 24.5 Å². The van der Waals surface area contributed by atoms with E-state index in [9.17, 15) is 9.59 Å². The Morgan fingerprint density at radius 1 is 1.38 bits per heavy atom. The topological polar surface area (TPSA) is 78.4 Å². The average molecular weight is 312 g/mol. The molecule has 1 heterocycles. The van der Waals surface area contributed by atoms with E-state index >= 15 is 0 Å². The van der Waals surface area contributed by atoms with Crippen molar-refractivity contribution in [2.45, 2.75) is 47.1 Å². The molecule has 0 aliphatic heterocycles. The number of nitrogens with one attached hydrogen (secondary N) is 2. The fourth-order valence-corrected chi connectivity index (χ4v) is 2.59. The number of hydrogen-bond acceptors (Lipinski definition) is 4. The average Bonchev–Trinajstić information content (AvgIpc) is 2.69. The molecule has 21 heavy (non-hydrogen) atoms. The highest BCUT2D eigenvalue weighted by molar-refractivity contribution is 7.18. The third-order valence-electron chi connectivity index (χ3n) is 2.98. The third kappa shape index (κ3) is 5.13. The minimum atomic E-state index is -0.476. The number of aryl methyl sites for hydroxylation is 1. The molecule has 0 aromatic carbocycles. The molecular formula is C15H24N2O3S. The number of aliphatic hydroxyl groups is 1. The molecule has 0 aliphatic carbocycles. The highest BCUT2D eigenvalue weighted by Gasteiger charge is 2.23. The van der Waals surface area contributed by atoms with Crippen molar-refractivity contribution < 1.29 is 14.7 Å². The predicted octanol–water partition coefficient (Wildman–Crippen LogP) is 2.54. The van der Waals surface area contributed by atoms with Crippen molar-refractivity contribution in [3.8, 4) is 0 Å². The largest absolute Gasteiger partial charge is 0.396 e. The van der Waals surface area contributed by atoms with Crippen molar-refractivity contribution in [3.05, 3.63) is 16.5 Å². The van der Waals surface area contributed by atoms with E-state index in [0.29, 0.717) is 16.3 Å². The van der Waals surface area contributed by atoms with Gasteiger partial charge in [0.05, 0.1) is 9.88 Å². The van der Waals surface area contributed by atoms with Crippen LogP contribution in [0.3, 0.4) is 0 Å². The van der Waals surface area contributed by atoms with Crippen LogP contribution in [-0.4, -0.2) is 29.6 Å². The first-order valence-corrected chi connectivity index (χ1v) is 7.80. The summed E-state index contributed by atoms with van der Waals surface area (Å²) in [4.78, 5) is 24.7. The van der Waals surface area contributed by atoms with Crippen LogP contribution in [-0.2, 0) is 4.79 Å². The molecule has 6 heteroatoms. The van der Waals surface area contributed by atoms with Gasteiger partial charge >= 0.3 is 0 Å². The molecule has 118 valence electrons. The van der Waals surface area contributed by atoms with E-state index in [1.165, 1.54) is 11.3 Å². The normalized spacial score (nSPS) is 12.9. The van der Waals surface area contributed by atoms with E-state index in [0.717, 1.165) is 5.56 Å². The van der Waals surface area contributed by atoms with Crippen LogP contribution in [0.25, 0.3) is 0 Å². The van der Waals surface area contributed by atoms with Crippen LogP contribution in [0, 0.1) is 12.3 Å². The maximum Gasteiger partial charge on any atom is 0.261 e. The first kappa shape index (κ1) is 17.7. The zero-order valence-electron chi connectivity index (χ0n) is 13.2. The zero-order chi connectivity index (χ0) is 16.2. The molecular weight excluding hydrogens is 288 g/mol. The van der Waals surface area contributed by atoms with Gasteiger partial charge in [-0.3, -0.25) is 9.59 Å². The number of anilines is 1. The Morgan fingerprint density at radius 2 is 2.00 bits per heavy atom. The molecule has 1 rings (SSSR count). The minimum Gasteiger partial charge on any atom is -0.396 e. The van der Waals surface area contributed by atoms with Crippen LogP contribution in [0.5, 0.6) is 0 Å². The van der Waals surface area contributed by atoms with Gasteiger partial charge in [0.25, 0.3) is 5.91 Å². The third-order valence-corrected chi connectivity index (χ3v) is 4.13. The molecule has 3 N–H and O–H groups in total. The summed E-state index contributed by atoms with van der Waals surface area (Å²) in [6, 6.07) is 1.72.